The molecule has 0 aliphatic heterocycles. The minimum Gasteiger partial charge on any atom is -0.489 e. The number of carbonyl (C=O) groups is 1. The van der Waals surface area contributed by atoms with Gasteiger partial charge >= 0.3 is 12.0 Å². The van der Waals surface area contributed by atoms with E-state index in [4.69, 9.17) is 9.47 Å². The lowest BCUT2D eigenvalue weighted by molar-refractivity contribution is -0.143. The van der Waals surface area contributed by atoms with Crippen LogP contribution in [0.15, 0.2) is 24.4 Å². The summed E-state index contributed by atoms with van der Waals surface area (Å²) in [5.74, 6) is -3.71. The second-order valence-electron chi connectivity index (χ2n) is 8.63. The number of aromatic nitrogens is 6. The molecule has 1 fully saturated rings. The Morgan fingerprint density at radius 2 is 2.06 bits per heavy atom. The molecular weight excluding hydrogens is 462 g/mol. The summed E-state index contributed by atoms with van der Waals surface area (Å²) in [6, 6.07) is 4.46. The summed E-state index contributed by atoms with van der Waals surface area (Å²) in [5.41, 5.74) is 1.73. The Labute approximate surface area is 200 Å². The van der Waals surface area contributed by atoms with Crippen molar-refractivity contribution >= 4 is 5.97 Å². The van der Waals surface area contributed by atoms with Gasteiger partial charge in [0.2, 0.25) is 0 Å². The Balaban J connectivity index is 1.49. The first-order chi connectivity index (χ1) is 16.6. The number of alkyl halides is 2. The minimum absolute atomic E-state index is 0.0603. The van der Waals surface area contributed by atoms with Crippen molar-refractivity contribution in [2.75, 3.05) is 0 Å². The average molecular weight is 488 g/mol. The molecule has 0 amide bonds. The molecule has 2 atom stereocenters. The van der Waals surface area contributed by atoms with Crippen LogP contribution in [0.3, 0.4) is 0 Å². The number of carboxylic acids is 1. The molecule has 0 unspecified atom stereocenters. The van der Waals surface area contributed by atoms with Crippen LogP contribution < -0.4 is 9.47 Å². The molecule has 0 aromatic carbocycles. The number of rotatable bonds is 8. The van der Waals surface area contributed by atoms with E-state index in [1.807, 2.05) is 0 Å². The molecule has 1 N–H and O–H groups in total. The average Bonchev–Trinajstić information content (AvgIpc) is 3.19. The molecule has 1 aliphatic rings. The third kappa shape index (κ3) is 5.69. The second kappa shape index (κ2) is 9.88. The number of aryl methyl sites for hydroxylation is 2. The van der Waals surface area contributed by atoms with Crippen LogP contribution in [0.2, 0.25) is 0 Å². The molecule has 0 radical (unpaired) electrons. The van der Waals surface area contributed by atoms with Crippen molar-refractivity contribution in [1.82, 2.24) is 29.9 Å². The van der Waals surface area contributed by atoms with Crippen molar-refractivity contribution in [1.29, 1.82) is 0 Å². The van der Waals surface area contributed by atoms with Gasteiger partial charge in [-0.25, -0.2) is 14.6 Å². The number of nitrogens with zero attached hydrogens (tertiary/aromatic N) is 6. The molecule has 0 saturated heterocycles. The third-order valence-corrected chi connectivity index (χ3v) is 5.91. The predicted octanol–water partition coefficient (Wildman–Crippen LogP) is 3.69. The van der Waals surface area contributed by atoms with Crippen LogP contribution in [0.1, 0.15) is 49.7 Å². The van der Waals surface area contributed by atoms with Gasteiger partial charge in [0, 0.05) is 20.2 Å². The zero-order chi connectivity index (χ0) is 25.2. The van der Waals surface area contributed by atoms with Crippen molar-refractivity contribution in [2.45, 2.75) is 58.2 Å². The Hall–Kier alpha value is -3.70. The maximum atomic E-state index is 13.6. The van der Waals surface area contributed by atoms with Gasteiger partial charge in [-0.05, 0) is 50.8 Å². The molecule has 1 saturated carbocycles. The fourth-order valence-electron chi connectivity index (χ4n) is 3.99. The topological polar surface area (TPSA) is 125 Å². The summed E-state index contributed by atoms with van der Waals surface area (Å²) >= 11 is 0. The summed E-state index contributed by atoms with van der Waals surface area (Å²) < 4.78 is 40.2. The molecular formula is C23H26F2N6O4. The third-order valence-electron chi connectivity index (χ3n) is 5.91. The fourth-order valence-corrected chi connectivity index (χ4v) is 3.99. The van der Waals surface area contributed by atoms with Crippen LogP contribution in [0.5, 0.6) is 11.8 Å². The molecule has 3 aromatic rings. The molecule has 0 bridgehead atoms. The number of pyridine rings is 1. The standard InChI is InChI=1S/C23H26F2N6O4/c1-13-18(35-15-6-4-5-14(11-15)21(32)33)8-7-16(27-13)20-17(31(3)30-29-20)12-34-22-26-10-9-19(28-22)23(2,24)25/h7-10,14-15H,4-6,11-12H2,1-3H3,(H,32,33)/t14-,15-/m0/s1. The van der Waals surface area contributed by atoms with Gasteiger partial charge in [-0.3, -0.25) is 4.79 Å². The quantitative estimate of drug-likeness (QED) is 0.505. The van der Waals surface area contributed by atoms with Gasteiger partial charge in [-0.15, -0.1) is 5.10 Å². The van der Waals surface area contributed by atoms with Crippen LogP contribution >= 0.6 is 0 Å². The largest absolute Gasteiger partial charge is 0.489 e. The number of hydrogen-bond donors (Lipinski definition) is 1. The summed E-state index contributed by atoms with van der Waals surface area (Å²) in [6.45, 7) is 2.49. The van der Waals surface area contributed by atoms with E-state index in [0.717, 1.165) is 25.8 Å². The zero-order valence-corrected chi connectivity index (χ0v) is 19.6. The molecule has 12 heteroatoms. The molecule has 186 valence electrons. The first kappa shape index (κ1) is 24.4. The predicted molar refractivity (Wildman–Crippen MR) is 119 cm³/mol. The van der Waals surface area contributed by atoms with Gasteiger partial charge in [-0.1, -0.05) is 5.21 Å². The molecule has 3 heterocycles. The first-order valence-corrected chi connectivity index (χ1v) is 11.2. The number of hydrogen-bond acceptors (Lipinski definition) is 8. The summed E-state index contributed by atoms with van der Waals surface area (Å²) in [4.78, 5) is 23.6. The first-order valence-electron chi connectivity index (χ1n) is 11.2. The van der Waals surface area contributed by atoms with Crippen LogP contribution in [-0.4, -0.2) is 47.1 Å². The maximum Gasteiger partial charge on any atom is 0.317 e. The van der Waals surface area contributed by atoms with E-state index in [0.29, 0.717) is 41.4 Å². The Morgan fingerprint density at radius 3 is 2.77 bits per heavy atom. The van der Waals surface area contributed by atoms with Gasteiger partial charge in [0.15, 0.2) is 0 Å². The minimum atomic E-state index is -3.11. The summed E-state index contributed by atoms with van der Waals surface area (Å²) in [6.07, 6.45) is 3.77. The fraction of sp³-hybridized carbons (Fsp3) is 0.478. The highest BCUT2D eigenvalue weighted by Crippen LogP contribution is 2.31. The highest BCUT2D eigenvalue weighted by atomic mass is 19.3. The smallest absolute Gasteiger partial charge is 0.317 e. The van der Waals surface area contributed by atoms with Gasteiger partial charge in [0.05, 0.1) is 23.4 Å². The summed E-state index contributed by atoms with van der Waals surface area (Å²) in [5, 5.41) is 17.5. The number of ether oxygens (including phenoxy) is 2. The maximum absolute atomic E-state index is 13.6. The SMILES string of the molecule is Cc1nc(-c2nnn(C)c2COc2nccc(C(C)(F)F)n2)ccc1O[C@H]1CCC[C@H](C(=O)O)C1. The highest BCUT2D eigenvalue weighted by Gasteiger charge is 2.29. The number of carboxylic acid groups (broad SMARTS) is 1. The van der Waals surface area contributed by atoms with Crippen molar-refractivity contribution in [2.24, 2.45) is 13.0 Å². The van der Waals surface area contributed by atoms with Gasteiger partial charge in [-0.2, -0.15) is 13.8 Å². The van der Waals surface area contributed by atoms with Crippen LogP contribution in [0.4, 0.5) is 8.78 Å². The van der Waals surface area contributed by atoms with E-state index in [9.17, 15) is 18.7 Å². The van der Waals surface area contributed by atoms with Gasteiger partial charge in [0.25, 0.3) is 5.92 Å². The lowest BCUT2D eigenvalue weighted by atomic mass is 9.87. The Morgan fingerprint density at radius 1 is 1.26 bits per heavy atom. The van der Waals surface area contributed by atoms with Crippen LogP contribution in [-0.2, 0) is 24.4 Å². The molecule has 4 rings (SSSR count). The van der Waals surface area contributed by atoms with E-state index in [1.165, 1.54) is 10.9 Å². The van der Waals surface area contributed by atoms with Crippen molar-refractivity contribution in [3.63, 3.8) is 0 Å². The highest BCUT2D eigenvalue weighted by molar-refractivity contribution is 5.70. The van der Waals surface area contributed by atoms with Crippen molar-refractivity contribution in [3.05, 3.63) is 41.5 Å². The van der Waals surface area contributed by atoms with E-state index >= 15 is 0 Å². The Kier molecular flexibility index (Phi) is 6.90. The van der Waals surface area contributed by atoms with Crippen LogP contribution in [0, 0.1) is 12.8 Å². The molecule has 3 aromatic heterocycles. The zero-order valence-electron chi connectivity index (χ0n) is 19.6. The van der Waals surface area contributed by atoms with Crippen LogP contribution in [0.25, 0.3) is 11.4 Å². The van der Waals surface area contributed by atoms with Gasteiger partial charge in [0.1, 0.15) is 29.4 Å². The van der Waals surface area contributed by atoms with Crippen molar-refractivity contribution < 1.29 is 28.2 Å². The molecule has 1 aliphatic carbocycles. The number of halogens is 2. The van der Waals surface area contributed by atoms with E-state index in [-0.39, 0.29) is 18.7 Å². The second-order valence-corrected chi connectivity index (χ2v) is 8.63. The van der Waals surface area contributed by atoms with Gasteiger partial charge < -0.3 is 14.6 Å². The normalized spacial score (nSPS) is 18.3. The monoisotopic (exact) mass is 488 g/mol. The Bertz CT molecular complexity index is 1210. The number of aliphatic carboxylic acids is 1. The molecule has 0 spiro atoms. The van der Waals surface area contributed by atoms with E-state index in [2.05, 4.69) is 25.3 Å². The van der Waals surface area contributed by atoms with E-state index < -0.39 is 23.5 Å². The lowest BCUT2D eigenvalue weighted by Crippen LogP contribution is -2.29. The van der Waals surface area contributed by atoms with E-state index in [1.54, 1.807) is 26.1 Å². The summed E-state index contributed by atoms with van der Waals surface area (Å²) in [7, 11) is 1.68. The molecule has 35 heavy (non-hydrogen) atoms. The van der Waals surface area contributed by atoms with Crippen molar-refractivity contribution in [3.8, 4) is 23.1 Å². The molecule has 10 nitrogen and oxygen atoms in total. The lowest BCUT2D eigenvalue weighted by Gasteiger charge is -2.27.